The number of anilines is 3. The van der Waals surface area contributed by atoms with Crippen molar-refractivity contribution in [2.24, 2.45) is 0 Å². The van der Waals surface area contributed by atoms with Gasteiger partial charge in [-0.3, -0.25) is 0 Å². The van der Waals surface area contributed by atoms with E-state index >= 15 is 0 Å². The van der Waals surface area contributed by atoms with Crippen LogP contribution in [-0.4, -0.2) is 11.1 Å². The molecule has 0 atom stereocenters. The van der Waals surface area contributed by atoms with Gasteiger partial charge in [0.15, 0.2) is 0 Å². The first-order valence-electron chi connectivity index (χ1n) is 5.43. The Bertz CT molecular complexity index is 694. The number of nitrogens with one attached hydrogen (secondary N) is 1. The quantitative estimate of drug-likeness (QED) is 0.716. The Morgan fingerprint density at radius 1 is 1.30 bits per heavy atom. The van der Waals surface area contributed by atoms with Crippen LogP contribution < -0.4 is 11.1 Å². The molecule has 0 aliphatic heterocycles. The van der Waals surface area contributed by atoms with Crippen molar-refractivity contribution in [3.8, 4) is 0 Å². The van der Waals surface area contributed by atoms with Crippen LogP contribution in [0.15, 0.2) is 34.8 Å². The van der Waals surface area contributed by atoms with Gasteiger partial charge in [-0.05, 0) is 30.3 Å². The van der Waals surface area contributed by atoms with Crippen LogP contribution >= 0.6 is 27.5 Å². The molecule has 0 aromatic heterocycles. The van der Waals surface area contributed by atoms with Crippen LogP contribution in [0.25, 0.3) is 0 Å². The van der Waals surface area contributed by atoms with Crippen molar-refractivity contribution in [3.05, 3.63) is 51.2 Å². The molecule has 0 amide bonds. The van der Waals surface area contributed by atoms with Crippen LogP contribution in [-0.2, 0) is 0 Å². The summed E-state index contributed by atoms with van der Waals surface area (Å²) in [6, 6.07) is 7.09. The van der Waals surface area contributed by atoms with E-state index in [2.05, 4.69) is 21.2 Å². The van der Waals surface area contributed by atoms with E-state index in [4.69, 9.17) is 22.4 Å². The monoisotopic (exact) mass is 358 g/mol. The number of rotatable bonds is 3. The summed E-state index contributed by atoms with van der Waals surface area (Å²) in [6.45, 7) is 0. The minimum atomic E-state index is -1.23. The highest BCUT2D eigenvalue weighted by Gasteiger charge is 2.14. The Labute approximate surface area is 127 Å². The van der Waals surface area contributed by atoms with Gasteiger partial charge in [-0.15, -0.1) is 0 Å². The predicted molar refractivity (Wildman–Crippen MR) is 80.2 cm³/mol. The molecule has 0 aliphatic carbocycles. The van der Waals surface area contributed by atoms with Gasteiger partial charge in [-0.25, -0.2) is 9.18 Å². The van der Waals surface area contributed by atoms with Gasteiger partial charge in [0, 0.05) is 10.2 Å². The van der Waals surface area contributed by atoms with Crippen LogP contribution in [0.5, 0.6) is 0 Å². The smallest absolute Gasteiger partial charge is 0.337 e. The maximum Gasteiger partial charge on any atom is 0.337 e. The van der Waals surface area contributed by atoms with E-state index < -0.39 is 11.8 Å². The second-order valence-corrected chi connectivity index (χ2v) is 5.30. The average Bonchev–Trinajstić information content (AvgIpc) is 2.35. The van der Waals surface area contributed by atoms with Crippen molar-refractivity contribution in [3.63, 3.8) is 0 Å². The van der Waals surface area contributed by atoms with Gasteiger partial charge in [0.2, 0.25) is 0 Å². The molecule has 104 valence electrons. The molecule has 0 saturated heterocycles. The highest BCUT2D eigenvalue weighted by atomic mass is 79.9. The molecular formula is C13H9BrClFN2O2. The van der Waals surface area contributed by atoms with Crippen LogP contribution in [0, 0.1) is 5.82 Å². The second-order valence-electron chi connectivity index (χ2n) is 3.97. The van der Waals surface area contributed by atoms with Gasteiger partial charge in [0.25, 0.3) is 0 Å². The molecule has 20 heavy (non-hydrogen) atoms. The Morgan fingerprint density at radius 2 is 2.00 bits per heavy atom. The largest absolute Gasteiger partial charge is 0.478 e. The van der Waals surface area contributed by atoms with Gasteiger partial charge < -0.3 is 16.2 Å². The van der Waals surface area contributed by atoms with Gasteiger partial charge in [0.05, 0.1) is 22.0 Å². The lowest BCUT2D eigenvalue weighted by Crippen LogP contribution is -2.05. The molecule has 0 spiro atoms. The number of carboxylic acid groups (broad SMARTS) is 1. The first-order chi connectivity index (χ1) is 9.38. The number of aromatic carboxylic acids is 1. The summed E-state index contributed by atoms with van der Waals surface area (Å²) in [5.41, 5.74) is 5.58. The molecule has 7 heteroatoms. The molecule has 0 saturated carbocycles. The number of hydrogen-bond donors (Lipinski definition) is 3. The fraction of sp³-hybridized carbons (Fsp3) is 0. The number of hydrogen-bond acceptors (Lipinski definition) is 3. The average molecular weight is 360 g/mol. The summed E-state index contributed by atoms with van der Waals surface area (Å²) in [5, 5.41) is 12.1. The third-order valence-corrected chi connectivity index (χ3v) is 3.38. The lowest BCUT2D eigenvalue weighted by molar-refractivity contribution is 0.0698. The first kappa shape index (κ1) is 14.6. The number of benzene rings is 2. The van der Waals surface area contributed by atoms with E-state index in [0.29, 0.717) is 10.7 Å². The Kier molecular flexibility index (Phi) is 4.15. The number of nitrogen functional groups attached to an aromatic ring is 1. The third-order valence-electron chi connectivity index (χ3n) is 2.57. The molecule has 2 rings (SSSR count). The van der Waals surface area contributed by atoms with Gasteiger partial charge >= 0.3 is 5.97 Å². The maximum atomic E-state index is 13.8. The molecule has 0 bridgehead atoms. The van der Waals surface area contributed by atoms with Crippen LogP contribution in [0.3, 0.4) is 0 Å². The first-order valence-corrected chi connectivity index (χ1v) is 6.60. The van der Waals surface area contributed by atoms with Crippen molar-refractivity contribution < 1.29 is 14.3 Å². The summed E-state index contributed by atoms with van der Waals surface area (Å²) >= 11 is 9.27. The Morgan fingerprint density at radius 3 is 2.60 bits per heavy atom. The highest BCUT2D eigenvalue weighted by Crippen LogP contribution is 2.31. The van der Waals surface area contributed by atoms with Crippen molar-refractivity contribution in [2.75, 3.05) is 11.1 Å². The molecule has 0 aliphatic rings. The zero-order valence-corrected chi connectivity index (χ0v) is 12.3. The van der Waals surface area contributed by atoms with E-state index in [1.54, 1.807) is 18.2 Å². The summed E-state index contributed by atoms with van der Waals surface area (Å²) in [6.07, 6.45) is 0. The number of nitrogens with two attached hydrogens (primary N) is 1. The SMILES string of the molecule is Nc1cc(F)c(Nc2ccc(Br)cc2Cl)cc1C(=O)O. The van der Waals surface area contributed by atoms with Crippen molar-refractivity contribution in [2.45, 2.75) is 0 Å². The highest BCUT2D eigenvalue weighted by molar-refractivity contribution is 9.10. The summed E-state index contributed by atoms with van der Waals surface area (Å²) < 4.78 is 14.6. The summed E-state index contributed by atoms with van der Waals surface area (Å²) in [4.78, 5) is 11.0. The Balaban J connectivity index is 2.43. The number of carboxylic acids is 1. The van der Waals surface area contributed by atoms with Crippen LogP contribution in [0.2, 0.25) is 5.02 Å². The van der Waals surface area contributed by atoms with E-state index in [-0.39, 0.29) is 16.9 Å². The van der Waals surface area contributed by atoms with Gasteiger partial charge in [-0.1, -0.05) is 27.5 Å². The number of halogens is 3. The minimum Gasteiger partial charge on any atom is -0.478 e. The molecule has 2 aromatic carbocycles. The van der Waals surface area contributed by atoms with Gasteiger partial charge in [0.1, 0.15) is 5.82 Å². The minimum absolute atomic E-state index is 0.0131. The zero-order valence-electron chi connectivity index (χ0n) is 9.95. The van der Waals surface area contributed by atoms with E-state index in [9.17, 15) is 9.18 Å². The van der Waals surface area contributed by atoms with Crippen LogP contribution in [0.1, 0.15) is 10.4 Å². The molecule has 4 nitrogen and oxygen atoms in total. The van der Waals surface area contributed by atoms with E-state index in [0.717, 1.165) is 16.6 Å². The Hall–Kier alpha value is -1.79. The molecule has 0 radical (unpaired) electrons. The zero-order chi connectivity index (χ0) is 14.9. The normalized spacial score (nSPS) is 10.3. The molecular weight excluding hydrogens is 351 g/mol. The van der Waals surface area contributed by atoms with Crippen LogP contribution in [0.4, 0.5) is 21.5 Å². The molecule has 0 heterocycles. The summed E-state index contributed by atoms with van der Waals surface area (Å²) in [5.74, 6) is -1.89. The lowest BCUT2D eigenvalue weighted by atomic mass is 10.1. The lowest BCUT2D eigenvalue weighted by Gasteiger charge is -2.11. The fourth-order valence-electron chi connectivity index (χ4n) is 1.61. The molecule has 4 N–H and O–H groups in total. The van der Waals surface area contributed by atoms with E-state index in [1.807, 2.05) is 0 Å². The van der Waals surface area contributed by atoms with Crippen molar-refractivity contribution >= 4 is 50.6 Å². The fourth-order valence-corrected chi connectivity index (χ4v) is 2.33. The maximum absolute atomic E-state index is 13.8. The van der Waals surface area contributed by atoms with Gasteiger partial charge in [-0.2, -0.15) is 0 Å². The predicted octanol–water partition coefficient (Wildman–Crippen LogP) is 4.27. The van der Waals surface area contributed by atoms with E-state index in [1.165, 1.54) is 0 Å². The molecule has 0 unspecified atom stereocenters. The third kappa shape index (κ3) is 3.02. The second kappa shape index (κ2) is 5.68. The number of carbonyl (C=O) groups is 1. The standard InChI is InChI=1S/C13H9BrClFN2O2/c14-6-1-2-11(8(15)3-6)18-12-4-7(13(19)20)10(17)5-9(12)16/h1-5,18H,17H2,(H,19,20). The van der Waals surface area contributed by atoms with Crippen molar-refractivity contribution in [1.29, 1.82) is 0 Å². The summed E-state index contributed by atoms with van der Waals surface area (Å²) in [7, 11) is 0. The molecule has 0 fully saturated rings. The topological polar surface area (TPSA) is 75.3 Å². The molecule has 2 aromatic rings. The van der Waals surface area contributed by atoms with Crippen molar-refractivity contribution in [1.82, 2.24) is 0 Å².